The van der Waals surface area contributed by atoms with Gasteiger partial charge in [-0.1, -0.05) is 30.2 Å². The van der Waals surface area contributed by atoms with Crippen molar-refractivity contribution in [3.8, 4) is 5.69 Å². The zero-order valence-electron chi connectivity index (χ0n) is 13.2. The number of hydrogen-bond acceptors (Lipinski definition) is 3. The number of hydrogen-bond donors (Lipinski definition) is 1. The highest BCUT2D eigenvalue weighted by Crippen LogP contribution is 2.22. The summed E-state index contributed by atoms with van der Waals surface area (Å²) in [5.41, 5.74) is 1.54. The van der Waals surface area contributed by atoms with Gasteiger partial charge in [-0.15, -0.1) is 5.10 Å². The molecule has 0 spiro atoms. The predicted octanol–water partition coefficient (Wildman–Crippen LogP) is 2.40. The number of aromatic nitrogens is 3. The van der Waals surface area contributed by atoms with E-state index in [2.05, 4.69) is 10.4 Å². The van der Waals surface area contributed by atoms with Gasteiger partial charge in [-0.05, 0) is 37.8 Å². The van der Waals surface area contributed by atoms with Gasteiger partial charge in [-0.25, -0.2) is 14.0 Å². The van der Waals surface area contributed by atoms with Crippen LogP contribution in [0.25, 0.3) is 5.69 Å². The molecule has 0 bridgehead atoms. The number of amides is 1. The molecule has 6 nitrogen and oxygen atoms in total. The van der Waals surface area contributed by atoms with E-state index in [0.29, 0.717) is 5.69 Å². The Labute approximate surface area is 134 Å². The van der Waals surface area contributed by atoms with Crippen LogP contribution in [0, 0.1) is 0 Å². The maximum atomic E-state index is 12.3. The highest BCUT2D eigenvalue weighted by Gasteiger charge is 2.15. The normalized spacial score (nSPS) is 14.6. The van der Waals surface area contributed by atoms with Crippen molar-refractivity contribution in [2.24, 2.45) is 7.05 Å². The number of nitrogens with zero attached hydrogens (tertiary/aromatic N) is 3. The Morgan fingerprint density at radius 3 is 2.57 bits per heavy atom. The van der Waals surface area contributed by atoms with Crippen LogP contribution < -0.4 is 11.0 Å². The minimum Gasteiger partial charge on any atom is -0.291 e. The van der Waals surface area contributed by atoms with Crippen LogP contribution in [-0.4, -0.2) is 20.3 Å². The van der Waals surface area contributed by atoms with Crippen LogP contribution in [-0.2, 0) is 11.8 Å². The third-order valence-electron chi connectivity index (χ3n) is 4.01. The zero-order chi connectivity index (χ0) is 16.2. The second-order valence-corrected chi connectivity index (χ2v) is 5.75. The number of benzene rings is 1. The van der Waals surface area contributed by atoms with Crippen molar-refractivity contribution < 1.29 is 4.79 Å². The molecule has 2 aromatic rings. The maximum absolute atomic E-state index is 12.3. The lowest BCUT2D eigenvalue weighted by atomic mass is 9.95. The van der Waals surface area contributed by atoms with E-state index < -0.39 is 0 Å². The largest absolute Gasteiger partial charge is 0.351 e. The second-order valence-electron chi connectivity index (χ2n) is 5.75. The molecule has 0 radical (unpaired) electrons. The lowest BCUT2D eigenvalue weighted by Gasteiger charge is -2.13. The summed E-state index contributed by atoms with van der Waals surface area (Å²) in [6, 6.07) is 9.15. The average Bonchev–Trinajstić information content (AvgIpc) is 2.83. The summed E-state index contributed by atoms with van der Waals surface area (Å²) in [4.78, 5) is 24.5. The quantitative estimate of drug-likeness (QED) is 0.885. The lowest BCUT2D eigenvalue weighted by molar-refractivity contribution is -0.112. The summed E-state index contributed by atoms with van der Waals surface area (Å²) in [7, 11) is 1.57. The molecule has 0 unspecified atom stereocenters. The van der Waals surface area contributed by atoms with E-state index in [1.165, 1.54) is 21.2 Å². The Hall–Kier alpha value is -2.63. The van der Waals surface area contributed by atoms with Crippen molar-refractivity contribution in [1.29, 1.82) is 0 Å². The molecule has 23 heavy (non-hydrogen) atoms. The third kappa shape index (κ3) is 3.41. The van der Waals surface area contributed by atoms with Gasteiger partial charge >= 0.3 is 5.69 Å². The van der Waals surface area contributed by atoms with E-state index in [9.17, 15) is 9.59 Å². The van der Waals surface area contributed by atoms with Crippen molar-refractivity contribution >= 4 is 11.9 Å². The zero-order valence-corrected chi connectivity index (χ0v) is 13.2. The number of aryl methyl sites for hydroxylation is 1. The number of carbonyl (C=O) groups excluding carboxylic acids is 1. The summed E-state index contributed by atoms with van der Waals surface area (Å²) in [6.45, 7) is 0. The van der Waals surface area contributed by atoms with Gasteiger partial charge in [0.2, 0.25) is 5.95 Å². The van der Waals surface area contributed by atoms with Crippen LogP contribution >= 0.6 is 0 Å². The van der Waals surface area contributed by atoms with Crippen LogP contribution in [0.15, 0.2) is 46.8 Å². The van der Waals surface area contributed by atoms with E-state index in [1.54, 1.807) is 25.3 Å². The van der Waals surface area contributed by atoms with Crippen molar-refractivity contribution in [1.82, 2.24) is 14.3 Å². The van der Waals surface area contributed by atoms with Crippen LogP contribution in [0.4, 0.5) is 5.95 Å². The molecule has 1 aromatic carbocycles. The van der Waals surface area contributed by atoms with Crippen LogP contribution in [0.5, 0.6) is 0 Å². The van der Waals surface area contributed by atoms with Gasteiger partial charge in [-0.2, -0.15) is 0 Å². The first-order valence-corrected chi connectivity index (χ1v) is 7.87. The van der Waals surface area contributed by atoms with Gasteiger partial charge in [0, 0.05) is 13.1 Å². The molecule has 0 atom stereocenters. The number of carbonyl (C=O) groups is 1. The number of allylic oxidation sites excluding steroid dienone is 1. The fourth-order valence-electron chi connectivity index (χ4n) is 2.84. The number of rotatable bonds is 3. The Balaban J connectivity index is 1.87. The molecule has 3 rings (SSSR count). The fourth-order valence-corrected chi connectivity index (χ4v) is 2.84. The lowest BCUT2D eigenvalue weighted by Crippen LogP contribution is -2.22. The first-order chi connectivity index (χ1) is 11.1. The van der Waals surface area contributed by atoms with Crippen LogP contribution in [0.3, 0.4) is 0 Å². The molecule has 1 aliphatic carbocycles. The second kappa shape index (κ2) is 6.64. The Morgan fingerprint density at radius 2 is 1.87 bits per heavy atom. The van der Waals surface area contributed by atoms with E-state index in [4.69, 9.17) is 0 Å². The highest BCUT2D eigenvalue weighted by molar-refractivity contribution is 5.98. The molecule has 120 valence electrons. The molecule has 0 saturated heterocycles. The molecule has 1 amide bonds. The minimum absolute atomic E-state index is 0.232. The molecule has 0 aliphatic heterocycles. The van der Waals surface area contributed by atoms with Crippen LogP contribution in [0.1, 0.15) is 32.1 Å². The number of nitrogens with one attached hydrogen (secondary N) is 1. The number of anilines is 1. The molecule has 6 heteroatoms. The summed E-state index contributed by atoms with van der Waals surface area (Å²) < 4.78 is 2.62. The molecule has 1 aromatic heterocycles. The van der Waals surface area contributed by atoms with Crippen molar-refractivity contribution in [3.63, 3.8) is 0 Å². The molecular weight excluding hydrogens is 292 g/mol. The molecule has 1 saturated carbocycles. The van der Waals surface area contributed by atoms with E-state index in [0.717, 1.165) is 25.7 Å². The molecule has 1 heterocycles. The highest BCUT2D eigenvalue weighted by atomic mass is 16.2. The molecule has 1 N–H and O–H groups in total. The van der Waals surface area contributed by atoms with Gasteiger partial charge < -0.3 is 0 Å². The first-order valence-electron chi connectivity index (χ1n) is 7.87. The smallest absolute Gasteiger partial charge is 0.291 e. The van der Waals surface area contributed by atoms with Gasteiger partial charge in [0.1, 0.15) is 0 Å². The van der Waals surface area contributed by atoms with Crippen molar-refractivity contribution in [2.75, 3.05) is 5.32 Å². The van der Waals surface area contributed by atoms with Crippen LogP contribution in [0.2, 0.25) is 0 Å². The SMILES string of the molecule is Cn1nc(NC(=O)C=C2CCCCC2)n(-c2ccccc2)c1=O. The third-order valence-corrected chi connectivity index (χ3v) is 4.01. The van der Waals surface area contributed by atoms with Gasteiger partial charge in [0.15, 0.2) is 0 Å². The average molecular weight is 312 g/mol. The van der Waals surface area contributed by atoms with Gasteiger partial charge in [0.25, 0.3) is 5.91 Å². The van der Waals surface area contributed by atoms with E-state index in [-0.39, 0.29) is 17.5 Å². The number of para-hydroxylation sites is 1. The fraction of sp³-hybridized carbons (Fsp3) is 0.353. The minimum atomic E-state index is -0.295. The van der Waals surface area contributed by atoms with Crippen molar-refractivity contribution in [2.45, 2.75) is 32.1 Å². The van der Waals surface area contributed by atoms with Crippen molar-refractivity contribution in [3.05, 3.63) is 52.5 Å². The Morgan fingerprint density at radius 1 is 1.17 bits per heavy atom. The maximum Gasteiger partial charge on any atom is 0.351 e. The molecular formula is C17H20N4O2. The monoisotopic (exact) mass is 312 g/mol. The Kier molecular flexibility index (Phi) is 4.41. The molecule has 1 fully saturated rings. The summed E-state index contributed by atoms with van der Waals surface area (Å²) >= 11 is 0. The topological polar surface area (TPSA) is 68.9 Å². The van der Waals surface area contributed by atoms with E-state index >= 15 is 0 Å². The summed E-state index contributed by atoms with van der Waals surface area (Å²) in [6.07, 6.45) is 7.09. The van der Waals surface area contributed by atoms with Gasteiger partial charge in [-0.3, -0.25) is 10.1 Å². The first kappa shape index (κ1) is 15.3. The predicted molar refractivity (Wildman–Crippen MR) is 88.6 cm³/mol. The summed E-state index contributed by atoms with van der Waals surface area (Å²) in [5.74, 6) is 0.00559. The Bertz CT molecular complexity index is 779. The standard InChI is InChI=1S/C17H20N4O2/c1-20-17(23)21(14-10-6-3-7-11-14)16(19-20)18-15(22)12-13-8-4-2-5-9-13/h3,6-7,10-12H,2,4-5,8-9H2,1H3,(H,18,19,22). The van der Waals surface area contributed by atoms with Gasteiger partial charge in [0.05, 0.1) is 5.69 Å². The summed E-state index contributed by atoms with van der Waals surface area (Å²) in [5, 5.41) is 6.86. The van der Waals surface area contributed by atoms with E-state index in [1.807, 2.05) is 18.2 Å². The molecule has 1 aliphatic rings.